The lowest BCUT2D eigenvalue weighted by atomic mass is 10.1. The van der Waals surface area contributed by atoms with Crippen molar-refractivity contribution >= 4 is 17.7 Å². The van der Waals surface area contributed by atoms with Gasteiger partial charge in [-0.2, -0.15) is 5.10 Å². The molecule has 1 N–H and O–H groups in total. The Morgan fingerprint density at radius 2 is 2.24 bits per heavy atom. The minimum absolute atomic E-state index is 0.691. The van der Waals surface area contributed by atoms with Crippen LogP contribution in [-0.2, 0) is 0 Å². The Bertz CT molecular complexity index is 474. The van der Waals surface area contributed by atoms with Crippen LogP contribution >= 0.6 is 0 Å². The van der Waals surface area contributed by atoms with Gasteiger partial charge in [0, 0.05) is 24.3 Å². The third-order valence-electron chi connectivity index (χ3n) is 3.21. The molecule has 0 bridgehead atoms. The molecule has 0 aromatic heterocycles. The highest BCUT2D eigenvalue weighted by molar-refractivity contribution is 6.04. The molecule has 0 radical (unpaired) electrons. The van der Waals surface area contributed by atoms with Crippen LogP contribution in [0.4, 0.5) is 5.69 Å². The molecule has 1 aliphatic heterocycles. The molecule has 4 nitrogen and oxygen atoms in total. The third kappa shape index (κ3) is 2.16. The zero-order chi connectivity index (χ0) is 11.7. The molecule has 1 aromatic carbocycles. The molecular formula is C13H16N4. The van der Waals surface area contributed by atoms with E-state index in [0.29, 0.717) is 6.04 Å². The highest BCUT2D eigenvalue weighted by Crippen LogP contribution is 2.27. The van der Waals surface area contributed by atoms with Crippen molar-refractivity contribution in [3.8, 4) is 0 Å². The second-order valence-corrected chi connectivity index (χ2v) is 4.51. The topological polar surface area (TPSA) is 40.0 Å². The number of hydrogen-bond donors (Lipinski definition) is 1. The predicted octanol–water partition coefficient (Wildman–Crippen LogP) is 1.94. The Balaban J connectivity index is 1.82. The van der Waals surface area contributed by atoms with Gasteiger partial charge in [0.2, 0.25) is 0 Å². The van der Waals surface area contributed by atoms with Gasteiger partial charge in [0.1, 0.15) is 6.34 Å². The first-order valence-corrected chi connectivity index (χ1v) is 6.01. The third-order valence-corrected chi connectivity index (χ3v) is 3.21. The van der Waals surface area contributed by atoms with E-state index in [1.807, 2.05) is 19.5 Å². The minimum Gasteiger partial charge on any atom is -0.388 e. The van der Waals surface area contributed by atoms with Gasteiger partial charge in [-0.25, -0.2) is 0 Å². The summed E-state index contributed by atoms with van der Waals surface area (Å²) in [6.07, 6.45) is 4.44. The van der Waals surface area contributed by atoms with Crippen LogP contribution in [0.2, 0.25) is 0 Å². The molecule has 17 heavy (non-hydrogen) atoms. The summed E-state index contributed by atoms with van der Waals surface area (Å²) in [5.41, 5.74) is 3.31. The van der Waals surface area contributed by atoms with E-state index in [1.54, 1.807) is 0 Å². The van der Waals surface area contributed by atoms with E-state index < -0.39 is 0 Å². The van der Waals surface area contributed by atoms with E-state index in [0.717, 1.165) is 23.5 Å². The van der Waals surface area contributed by atoms with Gasteiger partial charge in [0.05, 0.1) is 12.3 Å². The lowest BCUT2D eigenvalue weighted by Gasteiger charge is -2.22. The van der Waals surface area contributed by atoms with Gasteiger partial charge in [-0.3, -0.25) is 0 Å². The summed E-state index contributed by atoms with van der Waals surface area (Å²) >= 11 is 0. The van der Waals surface area contributed by atoms with Crippen molar-refractivity contribution in [1.82, 2.24) is 4.90 Å². The number of nitrogens with zero attached hydrogens (tertiary/aromatic N) is 3. The van der Waals surface area contributed by atoms with Crippen molar-refractivity contribution in [2.24, 2.45) is 10.2 Å². The summed E-state index contributed by atoms with van der Waals surface area (Å²) < 4.78 is 0. The molecule has 0 amide bonds. The van der Waals surface area contributed by atoms with Crippen LogP contribution < -0.4 is 5.32 Å². The summed E-state index contributed by atoms with van der Waals surface area (Å²) in [6, 6.07) is 8.99. The molecule has 0 atom stereocenters. The van der Waals surface area contributed by atoms with Crippen molar-refractivity contribution in [3.63, 3.8) is 0 Å². The van der Waals surface area contributed by atoms with Crippen molar-refractivity contribution in [3.05, 3.63) is 29.8 Å². The first-order valence-electron chi connectivity index (χ1n) is 6.01. The number of nitrogens with one attached hydrogen (secondary N) is 1. The zero-order valence-corrected chi connectivity index (χ0v) is 9.93. The van der Waals surface area contributed by atoms with Gasteiger partial charge in [-0.1, -0.05) is 12.1 Å². The molecule has 3 rings (SSSR count). The molecule has 1 saturated carbocycles. The Morgan fingerprint density at radius 3 is 3.00 bits per heavy atom. The molecule has 1 fully saturated rings. The van der Waals surface area contributed by atoms with Crippen LogP contribution in [0.1, 0.15) is 18.4 Å². The lowest BCUT2D eigenvalue weighted by Crippen LogP contribution is -2.33. The summed E-state index contributed by atoms with van der Waals surface area (Å²) in [4.78, 5) is 2.29. The van der Waals surface area contributed by atoms with E-state index in [4.69, 9.17) is 0 Å². The van der Waals surface area contributed by atoms with E-state index in [-0.39, 0.29) is 0 Å². The normalized spacial score (nSPS) is 19.1. The highest BCUT2D eigenvalue weighted by atomic mass is 15.3. The Hall–Kier alpha value is -1.84. The number of anilines is 1. The van der Waals surface area contributed by atoms with E-state index in [1.165, 1.54) is 12.8 Å². The fraction of sp³-hybridized carbons (Fsp3) is 0.385. The quantitative estimate of drug-likeness (QED) is 0.858. The summed E-state index contributed by atoms with van der Waals surface area (Å²) in [6.45, 7) is 0.876. The SMILES string of the molecule is CNc1cccc(C2=NN=CN(C3CC3)C2)c1. The first-order chi connectivity index (χ1) is 8.36. The molecule has 1 heterocycles. The summed E-state index contributed by atoms with van der Waals surface area (Å²) in [7, 11) is 1.93. The van der Waals surface area contributed by atoms with Gasteiger partial charge < -0.3 is 10.2 Å². The van der Waals surface area contributed by atoms with Crippen LogP contribution in [0.3, 0.4) is 0 Å². The molecule has 1 aromatic rings. The molecule has 0 saturated heterocycles. The predicted molar refractivity (Wildman–Crippen MR) is 70.7 cm³/mol. The maximum Gasteiger partial charge on any atom is 0.114 e. The van der Waals surface area contributed by atoms with Gasteiger partial charge >= 0.3 is 0 Å². The molecule has 88 valence electrons. The first kappa shape index (κ1) is 10.3. The van der Waals surface area contributed by atoms with E-state index in [2.05, 4.69) is 38.6 Å². The fourth-order valence-electron chi connectivity index (χ4n) is 2.04. The molecule has 2 aliphatic rings. The standard InChI is InChI=1S/C13H16N4/c1-14-11-4-2-3-10(7-11)13-8-17(9-15-16-13)12-5-6-12/h2-4,7,9,12,14H,5-6,8H2,1H3. The minimum atomic E-state index is 0.691. The average Bonchev–Trinajstić information content (AvgIpc) is 3.23. The van der Waals surface area contributed by atoms with Gasteiger partial charge in [0.25, 0.3) is 0 Å². The monoisotopic (exact) mass is 228 g/mol. The summed E-state index contributed by atoms with van der Waals surface area (Å²) in [5, 5.41) is 11.5. The number of benzene rings is 1. The molecule has 0 unspecified atom stereocenters. The van der Waals surface area contributed by atoms with Gasteiger partial charge in [0.15, 0.2) is 0 Å². The second kappa shape index (κ2) is 4.20. The van der Waals surface area contributed by atoms with E-state index in [9.17, 15) is 0 Å². The van der Waals surface area contributed by atoms with Crippen LogP contribution in [0, 0.1) is 0 Å². The smallest absolute Gasteiger partial charge is 0.114 e. The average molecular weight is 228 g/mol. The van der Waals surface area contributed by atoms with Crippen LogP contribution in [0.15, 0.2) is 34.5 Å². The van der Waals surface area contributed by atoms with Crippen molar-refractivity contribution < 1.29 is 0 Å². The molecule has 4 heteroatoms. The zero-order valence-electron chi connectivity index (χ0n) is 9.93. The van der Waals surface area contributed by atoms with Gasteiger partial charge in [-0.15, -0.1) is 5.10 Å². The second-order valence-electron chi connectivity index (χ2n) is 4.51. The molecule has 1 aliphatic carbocycles. The van der Waals surface area contributed by atoms with Crippen LogP contribution in [0.25, 0.3) is 0 Å². The molecular weight excluding hydrogens is 212 g/mol. The Morgan fingerprint density at radius 1 is 1.35 bits per heavy atom. The maximum absolute atomic E-state index is 4.25. The molecule has 0 spiro atoms. The maximum atomic E-state index is 4.25. The van der Waals surface area contributed by atoms with Crippen molar-refractivity contribution in [2.75, 3.05) is 18.9 Å². The summed E-state index contributed by atoms with van der Waals surface area (Å²) in [5.74, 6) is 0. The van der Waals surface area contributed by atoms with Crippen molar-refractivity contribution in [2.45, 2.75) is 18.9 Å². The van der Waals surface area contributed by atoms with Crippen molar-refractivity contribution in [1.29, 1.82) is 0 Å². The highest BCUT2D eigenvalue weighted by Gasteiger charge is 2.29. The van der Waals surface area contributed by atoms with E-state index >= 15 is 0 Å². The Kier molecular flexibility index (Phi) is 2.55. The lowest BCUT2D eigenvalue weighted by molar-refractivity contribution is 0.470. The number of hydrogen-bond acceptors (Lipinski definition) is 4. The van der Waals surface area contributed by atoms with Crippen LogP contribution in [0.5, 0.6) is 0 Å². The van der Waals surface area contributed by atoms with Gasteiger partial charge in [-0.05, 0) is 25.0 Å². The number of rotatable bonds is 3. The Labute approximate surface area is 101 Å². The largest absolute Gasteiger partial charge is 0.388 e. The fourth-order valence-corrected chi connectivity index (χ4v) is 2.04. The van der Waals surface area contributed by atoms with Crippen LogP contribution in [-0.4, -0.2) is 36.6 Å².